The van der Waals surface area contributed by atoms with Crippen LogP contribution in [-0.2, 0) is 0 Å². The van der Waals surface area contributed by atoms with Gasteiger partial charge >= 0.3 is 0 Å². The molecule has 0 saturated heterocycles. The van der Waals surface area contributed by atoms with Gasteiger partial charge in [-0.2, -0.15) is 0 Å². The minimum atomic E-state index is 0.912. The lowest BCUT2D eigenvalue weighted by atomic mass is 9.84. The number of fused-ring (bicyclic) bond motifs is 11. The molecule has 10 aromatic rings. The zero-order valence-electron chi connectivity index (χ0n) is 24.4. The standard InChI is InChI=1S/C44H26O/c1-2-14-29-27(12-1)13-11-23-32(29)42-36-20-8-6-18-34(36)41(35-19-7-9-21-37(35)42)28-24-25-39-40(26-28)45-44-38-22-10-4-16-31(38)30-15-3-5-17-33(30)43(39)44/h1-26H. The summed E-state index contributed by atoms with van der Waals surface area (Å²) in [5, 5.41) is 14.7. The molecule has 0 aliphatic rings. The van der Waals surface area contributed by atoms with Crippen LogP contribution < -0.4 is 0 Å². The molecule has 0 atom stereocenters. The largest absolute Gasteiger partial charge is 0.455 e. The molecule has 0 fully saturated rings. The van der Waals surface area contributed by atoms with Crippen LogP contribution in [0.15, 0.2) is 162 Å². The molecule has 10 rings (SSSR count). The van der Waals surface area contributed by atoms with Crippen LogP contribution >= 0.6 is 0 Å². The van der Waals surface area contributed by atoms with Gasteiger partial charge in [-0.1, -0.05) is 146 Å². The van der Waals surface area contributed by atoms with Crippen molar-refractivity contribution in [2.75, 3.05) is 0 Å². The van der Waals surface area contributed by atoms with Gasteiger partial charge in [-0.05, 0) is 82.9 Å². The highest BCUT2D eigenvalue weighted by Crippen LogP contribution is 2.47. The lowest BCUT2D eigenvalue weighted by molar-refractivity contribution is 0.673. The zero-order valence-corrected chi connectivity index (χ0v) is 24.4. The molecule has 1 heterocycles. The van der Waals surface area contributed by atoms with E-state index >= 15 is 0 Å². The van der Waals surface area contributed by atoms with Crippen LogP contribution in [0, 0.1) is 0 Å². The van der Waals surface area contributed by atoms with Crippen molar-refractivity contribution in [3.63, 3.8) is 0 Å². The highest BCUT2D eigenvalue weighted by Gasteiger charge is 2.20. The average molecular weight is 571 g/mol. The van der Waals surface area contributed by atoms with Gasteiger partial charge in [0.15, 0.2) is 0 Å². The van der Waals surface area contributed by atoms with Gasteiger partial charge in [0.25, 0.3) is 0 Å². The summed E-state index contributed by atoms with van der Waals surface area (Å²) >= 11 is 0. The van der Waals surface area contributed by atoms with Crippen molar-refractivity contribution >= 4 is 75.8 Å². The summed E-state index contributed by atoms with van der Waals surface area (Å²) in [7, 11) is 0. The van der Waals surface area contributed by atoms with Crippen molar-refractivity contribution in [2.24, 2.45) is 0 Å². The van der Waals surface area contributed by atoms with Crippen LogP contribution in [-0.4, -0.2) is 0 Å². The maximum absolute atomic E-state index is 6.80. The predicted molar refractivity (Wildman–Crippen MR) is 192 cm³/mol. The third-order valence-corrected chi connectivity index (χ3v) is 9.63. The Morgan fingerprint density at radius 3 is 1.53 bits per heavy atom. The third kappa shape index (κ3) is 3.44. The lowest BCUT2D eigenvalue weighted by Gasteiger charge is -2.18. The predicted octanol–water partition coefficient (Wildman–Crippen LogP) is 12.7. The Labute approximate surface area is 259 Å². The monoisotopic (exact) mass is 570 g/mol. The van der Waals surface area contributed by atoms with E-state index in [9.17, 15) is 0 Å². The van der Waals surface area contributed by atoms with Gasteiger partial charge < -0.3 is 4.42 Å². The highest BCUT2D eigenvalue weighted by atomic mass is 16.3. The molecule has 0 radical (unpaired) electrons. The molecule has 0 unspecified atom stereocenters. The van der Waals surface area contributed by atoms with Crippen LogP contribution in [0.25, 0.3) is 98.1 Å². The highest BCUT2D eigenvalue weighted by molar-refractivity contribution is 6.31. The maximum Gasteiger partial charge on any atom is 0.143 e. The molecule has 0 aliphatic heterocycles. The van der Waals surface area contributed by atoms with Gasteiger partial charge in [0.05, 0.1) is 0 Å². The van der Waals surface area contributed by atoms with Crippen molar-refractivity contribution in [3.8, 4) is 22.3 Å². The van der Waals surface area contributed by atoms with Gasteiger partial charge in [-0.15, -0.1) is 0 Å². The van der Waals surface area contributed by atoms with E-state index in [1.807, 2.05) is 0 Å². The summed E-state index contributed by atoms with van der Waals surface area (Å²) in [6.07, 6.45) is 0. The summed E-state index contributed by atoms with van der Waals surface area (Å²) in [5.41, 5.74) is 6.81. The smallest absolute Gasteiger partial charge is 0.143 e. The quantitative estimate of drug-likeness (QED) is 0.149. The molecule has 1 aromatic heterocycles. The summed E-state index contributed by atoms with van der Waals surface area (Å²) in [6.45, 7) is 0. The Bertz CT molecular complexity index is 2750. The maximum atomic E-state index is 6.80. The Hall–Kier alpha value is -5.92. The van der Waals surface area contributed by atoms with Crippen LogP contribution in [0.4, 0.5) is 0 Å². The Morgan fingerprint density at radius 1 is 0.333 bits per heavy atom. The summed E-state index contributed by atoms with van der Waals surface area (Å²) in [6, 6.07) is 57.2. The molecule has 1 nitrogen and oxygen atoms in total. The van der Waals surface area contributed by atoms with Gasteiger partial charge in [-0.25, -0.2) is 0 Å². The summed E-state index contributed by atoms with van der Waals surface area (Å²) in [4.78, 5) is 0. The molecule has 0 saturated carbocycles. The molecule has 0 bridgehead atoms. The number of benzene rings is 9. The molecule has 0 amide bonds. The molecule has 9 aromatic carbocycles. The Balaban J connectivity index is 1.31. The topological polar surface area (TPSA) is 13.1 Å². The Morgan fingerprint density at radius 2 is 0.844 bits per heavy atom. The lowest BCUT2D eigenvalue weighted by Crippen LogP contribution is -1.91. The molecular weight excluding hydrogens is 544 g/mol. The van der Waals surface area contributed by atoms with Crippen molar-refractivity contribution < 1.29 is 4.42 Å². The van der Waals surface area contributed by atoms with Crippen LogP contribution in [0.2, 0.25) is 0 Å². The first-order valence-corrected chi connectivity index (χ1v) is 15.5. The fraction of sp³-hybridized carbons (Fsp3) is 0. The third-order valence-electron chi connectivity index (χ3n) is 9.63. The van der Waals surface area contributed by atoms with E-state index in [2.05, 4.69) is 158 Å². The van der Waals surface area contributed by atoms with Crippen molar-refractivity contribution in [1.29, 1.82) is 0 Å². The van der Waals surface area contributed by atoms with E-state index in [0.29, 0.717) is 0 Å². The van der Waals surface area contributed by atoms with Crippen molar-refractivity contribution in [2.45, 2.75) is 0 Å². The SMILES string of the molecule is c1ccc2c(-c3c4ccccc4c(-c4ccc5c(c4)oc4c6ccccc6c6ccccc6c54)c4ccccc34)cccc2c1. The molecule has 45 heavy (non-hydrogen) atoms. The van der Waals surface area contributed by atoms with E-state index < -0.39 is 0 Å². The van der Waals surface area contributed by atoms with Crippen LogP contribution in [0.1, 0.15) is 0 Å². The van der Waals surface area contributed by atoms with Crippen LogP contribution in [0.5, 0.6) is 0 Å². The van der Waals surface area contributed by atoms with E-state index in [4.69, 9.17) is 4.42 Å². The van der Waals surface area contributed by atoms with Crippen molar-refractivity contribution in [1.82, 2.24) is 0 Å². The van der Waals surface area contributed by atoms with E-state index in [0.717, 1.165) is 27.5 Å². The average Bonchev–Trinajstić information content (AvgIpc) is 3.50. The zero-order chi connectivity index (χ0) is 29.5. The second-order valence-electron chi connectivity index (χ2n) is 12.0. The second-order valence-corrected chi connectivity index (χ2v) is 12.0. The van der Waals surface area contributed by atoms with E-state index in [1.54, 1.807) is 0 Å². The minimum Gasteiger partial charge on any atom is -0.455 e. The first-order chi connectivity index (χ1) is 22.3. The molecule has 208 valence electrons. The number of hydrogen-bond donors (Lipinski definition) is 0. The van der Waals surface area contributed by atoms with Gasteiger partial charge in [-0.3, -0.25) is 0 Å². The molecule has 1 heteroatoms. The van der Waals surface area contributed by atoms with E-state index in [1.165, 1.54) is 70.6 Å². The number of rotatable bonds is 2. The summed E-state index contributed by atoms with van der Waals surface area (Å²) in [5.74, 6) is 0. The van der Waals surface area contributed by atoms with E-state index in [-0.39, 0.29) is 0 Å². The second kappa shape index (κ2) is 9.29. The normalized spacial score (nSPS) is 12.0. The van der Waals surface area contributed by atoms with Crippen molar-refractivity contribution in [3.05, 3.63) is 158 Å². The van der Waals surface area contributed by atoms with Gasteiger partial charge in [0, 0.05) is 16.2 Å². The minimum absolute atomic E-state index is 0.912. The molecule has 0 aliphatic carbocycles. The number of furan rings is 1. The van der Waals surface area contributed by atoms with Crippen LogP contribution in [0.3, 0.4) is 0 Å². The Kier molecular flexibility index (Phi) is 5.06. The van der Waals surface area contributed by atoms with Gasteiger partial charge in [0.1, 0.15) is 11.2 Å². The molecule has 0 spiro atoms. The number of hydrogen-bond acceptors (Lipinski definition) is 1. The molecule has 0 N–H and O–H groups in total. The summed E-state index contributed by atoms with van der Waals surface area (Å²) < 4.78 is 6.80. The fourth-order valence-corrected chi connectivity index (χ4v) is 7.73. The first kappa shape index (κ1) is 24.5. The fourth-order valence-electron chi connectivity index (χ4n) is 7.73. The first-order valence-electron chi connectivity index (χ1n) is 15.5. The molecular formula is C44H26O. The van der Waals surface area contributed by atoms with Gasteiger partial charge in [0.2, 0.25) is 0 Å².